The monoisotopic (exact) mass is 287 g/mol. The van der Waals surface area contributed by atoms with Crippen LogP contribution in [0, 0.1) is 13.8 Å². The van der Waals surface area contributed by atoms with Crippen molar-refractivity contribution < 1.29 is 14.2 Å². The zero-order valence-corrected chi connectivity index (χ0v) is 12.3. The molecule has 1 aromatic carbocycles. The van der Waals surface area contributed by atoms with Gasteiger partial charge in [-0.25, -0.2) is 0 Å². The van der Waals surface area contributed by atoms with Gasteiger partial charge in [0.2, 0.25) is 0 Å². The maximum atomic E-state index is 6.09. The van der Waals surface area contributed by atoms with Crippen LogP contribution in [0.25, 0.3) is 0 Å². The van der Waals surface area contributed by atoms with E-state index in [1.807, 2.05) is 26.0 Å². The fraction of sp³-hybridized carbons (Fsp3) is 0.571. The van der Waals surface area contributed by atoms with Crippen molar-refractivity contribution in [2.45, 2.75) is 13.8 Å². The fourth-order valence-electron chi connectivity index (χ4n) is 1.61. The SMILES string of the molecule is Cc1cc(OCCOCCOCCN)cc(C)c1Cl. The molecule has 108 valence electrons. The van der Waals surface area contributed by atoms with Crippen molar-refractivity contribution in [1.82, 2.24) is 0 Å². The zero-order valence-electron chi connectivity index (χ0n) is 11.6. The Morgan fingerprint density at radius 2 is 1.47 bits per heavy atom. The zero-order chi connectivity index (χ0) is 14.1. The van der Waals surface area contributed by atoms with Crippen LogP contribution in [0.5, 0.6) is 5.75 Å². The first kappa shape index (κ1) is 16.2. The Labute approximate surface area is 119 Å². The summed E-state index contributed by atoms with van der Waals surface area (Å²) in [6.07, 6.45) is 0. The van der Waals surface area contributed by atoms with Crippen molar-refractivity contribution in [3.63, 3.8) is 0 Å². The van der Waals surface area contributed by atoms with Crippen LogP contribution < -0.4 is 10.5 Å². The predicted octanol–water partition coefficient (Wildman–Crippen LogP) is 2.33. The number of aryl methyl sites for hydroxylation is 2. The molecule has 0 saturated carbocycles. The predicted molar refractivity (Wildman–Crippen MR) is 77.1 cm³/mol. The Morgan fingerprint density at radius 3 is 2.05 bits per heavy atom. The van der Waals surface area contributed by atoms with Gasteiger partial charge in [0.15, 0.2) is 0 Å². The minimum atomic E-state index is 0.511. The highest BCUT2D eigenvalue weighted by Crippen LogP contribution is 2.25. The van der Waals surface area contributed by atoms with E-state index >= 15 is 0 Å². The van der Waals surface area contributed by atoms with Crippen LogP contribution in [-0.2, 0) is 9.47 Å². The quantitative estimate of drug-likeness (QED) is 0.708. The second-order valence-corrected chi connectivity index (χ2v) is 4.61. The van der Waals surface area contributed by atoms with Gasteiger partial charge in [-0.3, -0.25) is 0 Å². The molecule has 0 spiro atoms. The van der Waals surface area contributed by atoms with E-state index in [2.05, 4.69) is 0 Å². The number of nitrogens with two attached hydrogens (primary N) is 1. The van der Waals surface area contributed by atoms with Crippen LogP contribution in [-0.4, -0.2) is 39.6 Å². The molecule has 0 fully saturated rings. The van der Waals surface area contributed by atoms with Crippen molar-refractivity contribution in [2.24, 2.45) is 5.73 Å². The first-order chi connectivity index (χ1) is 9.15. The normalized spacial score (nSPS) is 10.7. The largest absolute Gasteiger partial charge is 0.491 e. The van der Waals surface area contributed by atoms with E-state index in [1.54, 1.807) is 0 Å². The average Bonchev–Trinajstić information content (AvgIpc) is 2.39. The van der Waals surface area contributed by atoms with Crippen molar-refractivity contribution in [2.75, 3.05) is 39.6 Å². The molecule has 0 aliphatic rings. The summed E-state index contributed by atoms with van der Waals surface area (Å²) in [6, 6.07) is 3.86. The van der Waals surface area contributed by atoms with Crippen LogP contribution >= 0.6 is 11.6 Å². The number of hydrogen-bond donors (Lipinski definition) is 1. The van der Waals surface area contributed by atoms with Crippen molar-refractivity contribution in [3.8, 4) is 5.75 Å². The highest BCUT2D eigenvalue weighted by atomic mass is 35.5. The topological polar surface area (TPSA) is 53.7 Å². The minimum absolute atomic E-state index is 0.511. The molecule has 0 atom stereocenters. The Morgan fingerprint density at radius 1 is 0.947 bits per heavy atom. The molecule has 0 bridgehead atoms. The van der Waals surface area contributed by atoms with Crippen molar-refractivity contribution in [3.05, 3.63) is 28.3 Å². The van der Waals surface area contributed by atoms with E-state index in [9.17, 15) is 0 Å². The third kappa shape index (κ3) is 6.25. The van der Waals surface area contributed by atoms with E-state index in [0.717, 1.165) is 21.9 Å². The van der Waals surface area contributed by atoms with Gasteiger partial charge in [-0.1, -0.05) is 11.6 Å². The molecule has 0 radical (unpaired) electrons. The lowest BCUT2D eigenvalue weighted by atomic mass is 10.1. The molecular weight excluding hydrogens is 266 g/mol. The summed E-state index contributed by atoms with van der Waals surface area (Å²) in [7, 11) is 0. The lowest BCUT2D eigenvalue weighted by Gasteiger charge is -2.10. The third-order valence-corrected chi connectivity index (χ3v) is 3.14. The maximum absolute atomic E-state index is 6.09. The highest BCUT2D eigenvalue weighted by molar-refractivity contribution is 6.32. The summed E-state index contributed by atoms with van der Waals surface area (Å²) in [4.78, 5) is 0. The number of hydrogen-bond acceptors (Lipinski definition) is 4. The van der Waals surface area contributed by atoms with Crippen molar-refractivity contribution >= 4 is 11.6 Å². The summed E-state index contributed by atoms with van der Waals surface area (Å²) in [5.74, 6) is 0.822. The Kier molecular flexibility index (Phi) is 7.82. The summed E-state index contributed by atoms with van der Waals surface area (Å²) >= 11 is 6.09. The molecule has 4 nitrogen and oxygen atoms in total. The summed E-state index contributed by atoms with van der Waals surface area (Å²) in [6.45, 7) is 7.21. The molecule has 0 heterocycles. The smallest absolute Gasteiger partial charge is 0.120 e. The third-order valence-electron chi connectivity index (χ3n) is 2.54. The van der Waals surface area contributed by atoms with Gasteiger partial charge < -0.3 is 19.9 Å². The lowest BCUT2D eigenvalue weighted by Crippen LogP contribution is -2.14. The van der Waals surface area contributed by atoms with Crippen LogP contribution in [0.1, 0.15) is 11.1 Å². The average molecular weight is 288 g/mol. The van der Waals surface area contributed by atoms with Gasteiger partial charge in [-0.15, -0.1) is 0 Å². The maximum Gasteiger partial charge on any atom is 0.120 e. The second kappa shape index (κ2) is 9.15. The summed E-state index contributed by atoms with van der Waals surface area (Å²) in [5, 5.41) is 0.792. The molecule has 0 saturated heterocycles. The fourth-order valence-corrected chi connectivity index (χ4v) is 1.72. The van der Waals surface area contributed by atoms with Crippen LogP contribution in [0.15, 0.2) is 12.1 Å². The van der Waals surface area contributed by atoms with E-state index in [4.69, 9.17) is 31.5 Å². The summed E-state index contributed by atoms with van der Waals surface area (Å²) in [5.41, 5.74) is 7.34. The number of benzene rings is 1. The standard InChI is InChI=1S/C14H22ClNO3/c1-11-9-13(10-12(2)14(11)15)19-8-7-18-6-5-17-4-3-16/h9-10H,3-8,16H2,1-2H3. The first-order valence-electron chi connectivity index (χ1n) is 6.40. The molecule has 0 aromatic heterocycles. The molecule has 19 heavy (non-hydrogen) atoms. The Hall–Kier alpha value is -0.810. The molecule has 0 amide bonds. The highest BCUT2D eigenvalue weighted by Gasteiger charge is 2.03. The van der Waals surface area contributed by atoms with Gasteiger partial charge in [0.1, 0.15) is 12.4 Å². The Balaban J connectivity index is 2.16. The second-order valence-electron chi connectivity index (χ2n) is 4.23. The van der Waals surface area contributed by atoms with Gasteiger partial charge in [0.05, 0.1) is 26.4 Å². The molecule has 0 unspecified atom stereocenters. The summed E-state index contributed by atoms with van der Waals surface area (Å²) < 4.78 is 16.2. The Bertz CT molecular complexity index is 362. The van der Waals surface area contributed by atoms with E-state index in [-0.39, 0.29) is 0 Å². The van der Waals surface area contributed by atoms with Gasteiger partial charge in [0, 0.05) is 11.6 Å². The molecule has 2 N–H and O–H groups in total. The van der Waals surface area contributed by atoms with Gasteiger partial charge in [0.25, 0.3) is 0 Å². The molecule has 1 rings (SSSR count). The van der Waals surface area contributed by atoms with Crippen molar-refractivity contribution in [1.29, 1.82) is 0 Å². The van der Waals surface area contributed by atoms with Gasteiger partial charge >= 0.3 is 0 Å². The van der Waals surface area contributed by atoms with Gasteiger partial charge in [-0.05, 0) is 37.1 Å². The minimum Gasteiger partial charge on any atom is -0.491 e. The molecular formula is C14H22ClNO3. The molecule has 0 aliphatic heterocycles. The van der Waals surface area contributed by atoms with E-state index in [0.29, 0.717) is 39.6 Å². The molecule has 5 heteroatoms. The van der Waals surface area contributed by atoms with E-state index in [1.165, 1.54) is 0 Å². The number of halogens is 1. The first-order valence-corrected chi connectivity index (χ1v) is 6.78. The number of rotatable bonds is 9. The van der Waals surface area contributed by atoms with Crippen LogP contribution in [0.2, 0.25) is 5.02 Å². The lowest BCUT2D eigenvalue weighted by molar-refractivity contribution is 0.0388. The van der Waals surface area contributed by atoms with Crippen LogP contribution in [0.4, 0.5) is 0 Å². The van der Waals surface area contributed by atoms with Crippen LogP contribution in [0.3, 0.4) is 0 Å². The molecule has 0 aliphatic carbocycles. The van der Waals surface area contributed by atoms with Gasteiger partial charge in [-0.2, -0.15) is 0 Å². The van der Waals surface area contributed by atoms with E-state index < -0.39 is 0 Å². The molecule has 1 aromatic rings. The number of ether oxygens (including phenoxy) is 3.